The van der Waals surface area contributed by atoms with Gasteiger partial charge in [0, 0.05) is 0 Å². The van der Waals surface area contributed by atoms with Crippen molar-refractivity contribution in [3.63, 3.8) is 0 Å². The molecule has 0 aromatic heterocycles. The third-order valence-corrected chi connectivity index (χ3v) is 5.78. The molecule has 0 aliphatic rings. The smallest absolute Gasteiger partial charge is 0.364 e. The Kier molecular flexibility index (Phi) is 6.38. The van der Waals surface area contributed by atoms with Crippen molar-refractivity contribution in [1.82, 2.24) is 0 Å². The average Bonchev–Trinajstić information content (AvgIpc) is 2.57. The molecule has 0 spiro atoms. The number of benzene rings is 2. The molecular weight excluding hydrogens is 321 g/mol. The fourth-order valence-electron chi connectivity index (χ4n) is 2.43. The fourth-order valence-corrected chi connectivity index (χ4v) is 4.34. The fraction of sp³-hybridized carbons (Fsp3) is 0.263. The highest BCUT2D eigenvalue weighted by atomic mass is 31.2. The Morgan fingerprint density at radius 2 is 1.46 bits per heavy atom. The molecule has 0 aliphatic heterocycles. The lowest BCUT2D eigenvalue weighted by molar-refractivity contribution is 0.230. The van der Waals surface area contributed by atoms with E-state index in [0.29, 0.717) is 11.0 Å². The van der Waals surface area contributed by atoms with Crippen LogP contribution in [0.3, 0.4) is 0 Å². The first-order valence-corrected chi connectivity index (χ1v) is 9.58. The van der Waals surface area contributed by atoms with Crippen LogP contribution < -0.4 is 5.73 Å². The van der Waals surface area contributed by atoms with Gasteiger partial charge in [0.15, 0.2) is 0 Å². The predicted molar refractivity (Wildman–Crippen MR) is 99.5 cm³/mol. The number of hydrogen-bond donors (Lipinski definition) is 1. The summed E-state index contributed by atoms with van der Waals surface area (Å²) in [5, 5.41) is 0.413. The highest BCUT2D eigenvalue weighted by molar-refractivity contribution is 7.65. The zero-order valence-corrected chi connectivity index (χ0v) is 15.3. The Labute approximate surface area is 143 Å². The van der Waals surface area contributed by atoms with E-state index >= 15 is 0 Å². The molecule has 0 unspecified atom stereocenters. The molecule has 0 fully saturated rings. The van der Waals surface area contributed by atoms with E-state index in [4.69, 9.17) is 14.8 Å². The number of aryl methyl sites for hydroxylation is 1. The maximum Gasteiger partial charge on any atom is 0.364 e. The van der Waals surface area contributed by atoms with Crippen LogP contribution in [0, 0.1) is 6.92 Å². The molecule has 2 N–H and O–H groups in total. The summed E-state index contributed by atoms with van der Waals surface area (Å²) in [6, 6.07) is 17.1. The summed E-state index contributed by atoms with van der Waals surface area (Å²) in [6.45, 7) is 6.13. The highest BCUT2D eigenvalue weighted by Crippen LogP contribution is 2.62. The first-order chi connectivity index (χ1) is 11.5. The van der Waals surface area contributed by atoms with E-state index < -0.39 is 7.60 Å². The van der Waals surface area contributed by atoms with Crippen molar-refractivity contribution in [2.75, 3.05) is 13.2 Å². The Bertz CT molecular complexity index is 729. The second-order valence-corrected chi connectivity index (χ2v) is 7.29. The lowest BCUT2D eigenvalue weighted by Crippen LogP contribution is -2.06. The summed E-state index contributed by atoms with van der Waals surface area (Å²) >= 11 is 0. The van der Waals surface area contributed by atoms with E-state index in [-0.39, 0.29) is 13.2 Å². The minimum absolute atomic E-state index is 0.273. The van der Waals surface area contributed by atoms with E-state index in [9.17, 15) is 4.57 Å². The van der Waals surface area contributed by atoms with Crippen molar-refractivity contribution in [1.29, 1.82) is 0 Å². The van der Waals surface area contributed by atoms with Gasteiger partial charge >= 0.3 is 7.60 Å². The third kappa shape index (κ3) is 4.15. The molecule has 0 aliphatic carbocycles. The van der Waals surface area contributed by atoms with Crippen molar-refractivity contribution < 1.29 is 13.6 Å². The molecule has 0 radical (unpaired) electrons. The van der Waals surface area contributed by atoms with Crippen LogP contribution in [-0.4, -0.2) is 13.2 Å². The molecular formula is C19H24NO3P. The van der Waals surface area contributed by atoms with Crippen LogP contribution in [0.1, 0.15) is 30.5 Å². The van der Waals surface area contributed by atoms with Crippen molar-refractivity contribution in [3.8, 4) is 0 Å². The Morgan fingerprint density at radius 1 is 0.917 bits per heavy atom. The van der Waals surface area contributed by atoms with Crippen molar-refractivity contribution in [2.45, 2.75) is 20.8 Å². The maximum absolute atomic E-state index is 13.4. The van der Waals surface area contributed by atoms with Gasteiger partial charge < -0.3 is 14.8 Å². The topological polar surface area (TPSA) is 61.5 Å². The van der Waals surface area contributed by atoms with Gasteiger partial charge in [-0.2, -0.15) is 0 Å². The Morgan fingerprint density at radius 3 is 1.96 bits per heavy atom. The number of hydrogen-bond acceptors (Lipinski definition) is 4. The summed E-state index contributed by atoms with van der Waals surface area (Å²) in [6.07, 6.45) is 0. The zero-order chi connectivity index (χ0) is 17.6. The third-order valence-electron chi connectivity index (χ3n) is 3.54. The monoisotopic (exact) mass is 345 g/mol. The minimum Gasteiger partial charge on any atom is -0.397 e. The molecule has 0 bridgehead atoms. The van der Waals surface area contributed by atoms with E-state index in [0.717, 1.165) is 16.7 Å². The molecule has 0 saturated heterocycles. The molecule has 2 rings (SSSR count). The quantitative estimate of drug-likeness (QED) is 0.564. The molecule has 0 heterocycles. The molecule has 24 heavy (non-hydrogen) atoms. The standard InChI is InChI=1S/C19H24NO3P/c1-4-22-24(21,23-5-2)19(17-9-7-6-8-10-17)18(20)16-13-11-15(3)12-14-16/h6-14H,4-5,20H2,1-3H3/b19-18-. The normalized spacial score (nSPS) is 12.8. The van der Waals surface area contributed by atoms with Crippen molar-refractivity contribution in [3.05, 3.63) is 71.3 Å². The van der Waals surface area contributed by atoms with Crippen LogP contribution in [0.5, 0.6) is 0 Å². The molecule has 0 saturated carbocycles. The Balaban J connectivity index is 2.68. The summed E-state index contributed by atoms with van der Waals surface area (Å²) in [4.78, 5) is 0. The van der Waals surface area contributed by atoms with Crippen LogP contribution in [0.25, 0.3) is 11.0 Å². The highest BCUT2D eigenvalue weighted by Gasteiger charge is 2.33. The zero-order valence-electron chi connectivity index (χ0n) is 14.4. The molecule has 2 aromatic rings. The first kappa shape index (κ1) is 18.5. The number of rotatable bonds is 7. The van der Waals surface area contributed by atoms with Crippen LogP contribution in [0.15, 0.2) is 54.6 Å². The van der Waals surface area contributed by atoms with Gasteiger partial charge in [-0.1, -0.05) is 60.2 Å². The maximum atomic E-state index is 13.4. The van der Waals surface area contributed by atoms with Crippen LogP contribution in [-0.2, 0) is 13.6 Å². The minimum atomic E-state index is -3.53. The van der Waals surface area contributed by atoms with Gasteiger partial charge in [0.05, 0.1) is 24.2 Å². The summed E-state index contributed by atoms with van der Waals surface area (Å²) in [5.41, 5.74) is 9.48. The second kappa shape index (κ2) is 8.29. The van der Waals surface area contributed by atoms with Crippen molar-refractivity contribution >= 4 is 18.6 Å². The van der Waals surface area contributed by atoms with E-state index in [1.165, 1.54) is 0 Å². The van der Waals surface area contributed by atoms with E-state index in [2.05, 4.69) is 0 Å². The van der Waals surface area contributed by atoms with Crippen LogP contribution >= 0.6 is 7.60 Å². The van der Waals surface area contributed by atoms with Gasteiger partial charge in [-0.25, -0.2) is 0 Å². The first-order valence-electron chi connectivity index (χ1n) is 8.03. The summed E-state index contributed by atoms with van der Waals surface area (Å²) in [5.74, 6) is 0. The lowest BCUT2D eigenvalue weighted by atomic mass is 10.1. The van der Waals surface area contributed by atoms with Gasteiger partial charge in [0.25, 0.3) is 0 Å². The van der Waals surface area contributed by atoms with Crippen LogP contribution in [0.2, 0.25) is 0 Å². The molecule has 0 amide bonds. The lowest BCUT2D eigenvalue weighted by Gasteiger charge is -2.22. The van der Waals surface area contributed by atoms with Gasteiger partial charge in [-0.15, -0.1) is 0 Å². The molecule has 0 atom stereocenters. The molecule has 4 nitrogen and oxygen atoms in total. The van der Waals surface area contributed by atoms with Gasteiger partial charge in [0.1, 0.15) is 0 Å². The Hall–Kier alpha value is -1.87. The summed E-state index contributed by atoms with van der Waals surface area (Å²) in [7, 11) is -3.53. The van der Waals surface area contributed by atoms with Crippen molar-refractivity contribution in [2.24, 2.45) is 5.73 Å². The van der Waals surface area contributed by atoms with Gasteiger partial charge in [0.2, 0.25) is 0 Å². The molecule has 5 heteroatoms. The van der Waals surface area contributed by atoms with Gasteiger partial charge in [-0.05, 0) is 31.9 Å². The largest absolute Gasteiger partial charge is 0.397 e. The van der Waals surface area contributed by atoms with Gasteiger partial charge in [-0.3, -0.25) is 4.57 Å². The summed E-state index contributed by atoms with van der Waals surface area (Å²) < 4.78 is 24.5. The SMILES string of the molecule is CCOP(=O)(OCC)/C(=C(\N)c1ccc(C)cc1)c1ccccc1. The second-order valence-electron chi connectivity index (χ2n) is 5.33. The molecule has 2 aromatic carbocycles. The van der Waals surface area contributed by atoms with Crippen LogP contribution in [0.4, 0.5) is 0 Å². The predicted octanol–water partition coefficient (Wildman–Crippen LogP) is 5.05. The average molecular weight is 345 g/mol. The molecule has 128 valence electrons. The van der Waals surface area contributed by atoms with E-state index in [1.54, 1.807) is 13.8 Å². The van der Waals surface area contributed by atoms with E-state index in [1.807, 2.05) is 61.5 Å². The number of nitrogens with two attached hydrogens (primary N) is 1.